The third-order valence-electron chi connectivity index (χ3n) is 12.5. The largest absolute Gasteiger partial charge is 0.394 e. The molecule has 0 saturated heterocycles. The van der Waals surface area contributed by atoms with Crippen LogP contribution in [0.5, 0.6) is 0 Å². The van der Waals surface area contributed by atoms with Gasteiger partial charge in [-0.3, -0.25) is 4.79 Å². The number of unbranched alkanes of at least 4 members (excludes halogenated alkanes) is 28. The van der Waals surface area contributed by atoms with Crippen LogP contribution < -0.4 is 5.32 Å². The molecule has 0 aliphatic heterocycles. The topological polar surface area (TPSA) is 69.6 Å². The fraction of sp³-hybridized carbons (Fsp3) is 0.698. The van der Waals surface area contributed by atoms with Crippen molar-refractivity contribution >= 4 is 5.91 Å². The maximum absolute atomic E-state index is 12.5. The van der Waals surface area contributed by atoms with Gasteiger partial charge in [-0.2, -0.15) is 0 Å². The van der Waals surface area contributed by atoms with Gasteiger partial charge in [-0.15, -0.1) is 0 Å². The Morgan fingerprint density at radius 1 is 0.373 bits per heavy atom. The number of carbonyl (C=O) groups is 1. The molecule has 4 nitrogen and oxygen atoms in total. The van der Waals surface area contributed by atoms with Crippen LogP contribution in [0.25, 0.3) is 0 Å². The van der Waals surface area contributed by atoms with Gasteiger partial charge in [0.1, 0.15) is 0 Å². The minimum atomic E-state index is -0.855. The summed E-state index contributed by atoms with van der Waals surface area (Å²) >= 11 is 0. The zero-order valence-corrected chi connectivity index (χ0v) is 44.1. The van der Waals surface area contributed by atoms with Gasteiger partial charge in [0.05, 0.1) is 18.8 Å². The summed E-state index contributed by atoms with van der Waals surface area (Å²) in [5.74, 6) is -0.0809. The maximum Gasteiger partial charge on any atom is 0.220 e. The Bertz CT molecular complexity index is 1280. The van der Waals surface area contributed by atoms with E-state index in [1.807, 2.05) is 6.08 Å². The van der Waals surface area contributed by atoms with Crippen LogP contribution in [0.2, 0.25) is 0 Å². The van der Waals surface area contributed by atoms with Gasteiger partial charge in [-0.25, -0.2) is 0 Å². The second kappa shape index (κ2) is 57.4. The van der Waals surface area contributed by atoms with Crippen LogP contribution in [0.15, 0.2) is 109 Å². The molecule has 4 heteroatoms. The van der Waals surface area contributed by atoms with E-state index in [0.717, 1.165) is 89.9 Å². The van der Waals surface area contributed by atoms with Gasteiger partial charge in [0.25, 0.3) is 0 Å². The van der Waals surface area contributed by atoms with E-state index in [1.165, 1.54) is 154 Å². The molecule has 0 radical (unpaired) electrons. The smallest absolute Gasteiger partial charge is 0.220 e. The van der Waals surface area contributed by atoms with Gasteiger partial charge in [-0.05, 0) is 83.5 Å². The summed E-state index contributed by atoms with van der Waals surface area (Å²) in [6, 6.07) is -0.639. The van der Waals surface area contributed by atoms with Crippen molar-refractivity contribution in [1.29, 1.82) is 0 Å². The lowest BCUT2D eigenvalue weighted by Gasteiger charge is -2.20. The van der Waals surface area contributed by atoms with Crippen LogP contribution in [0.4, 0.5) is 0 Å². The van der Waals surface area contributed by atoms with Crippen molar-refractivity contribution in [2.75, 3.05) is 6.61 Å². The highest BCUT2D eigenvalue weighted by Gasteiger charge is 2.18. The van der Waals surface area contributed by atoms with Crippen molar-refractivity contribution in [2.45, 2.75) is 276 Å². The molecular weight excluding hydrogens is 819 g/mol. The van der Waals surface area contributed by atoms with Crippen LogP contribution in [-0.4, -0.2) is 34.9 Å². The Balaban J connectivity index is 3.62. The molecule has 2 unspecified atom stereocenters. The number of hydrogen-bond acceptors (Lipinski definition) is 3. The van der Waals surface area contributed by atoms with Crippen LogP contribution in [-0.2, 0) is 4.79 Å². The fourth-order valence-electron chi connectivity index (χ4n) is 8.20. The van der Waals surface area contributed by atoms with Crippen molar-refractivity contribution < 1.29 is 15.0 Å². The van der Waals surface area contributed by atoms with Crippen LogP contribution in [0.3, 0.4) is 0 Å². The van der Waals surface area contributed by atoms with Crippen molar-refractivity contribution in [3.8, 4) is 0 Å². The van der Waals surface area contributed by atoms with E-state index in [0.29, 0.717) is 6.42 Å². The molecule has 0 aromatic rings. The molecule has 1 amide bonds. The van der Waals surface area contributed by atoms with Gasteiger partial charge in [0.15, 0.2) is 0 Å². The van der Waals surface area contributed by atoms with Crippen molar-refractivity contribution in [3.63, 3.8) is 0 Å². The summed E-state index contributed by atoms with van der Waals surface area (Å²) in [5.41, 5.74) is 0. The fourth-order valence-corrected chi connectivity index (χ4v) is 8.20. The zero-order chi connectivity index (χ0) is 48.5. The number of nitrogens with one attached hydrogen (secondary N) is 1. The first-order chi connectivity index (χ1) is 33.2. The molecule has 0 saturated carbocycles. The maximum atomic E-state index is 12.5. The highest BCUT2D eigenvalue weighted by Crippen LogP contribution is 2.16. The molecule has 0 aromatic heterocycles. The zero-order valence-electron chi connectivity index (χ0n) is 44.1. The summed E-state index contributed by atoms with van der Waals surface area (Å²) in [7, 11) is 0. The van der Waals surface area contributed by atoms with Gasteiger partial charge in [0, 0.05) is 6.42 Å². The Morgan fingerprint density at radius 2 is 0.657 bits per heavy atom. The van der Waals surface area contributed by atoms with Gasteiger partial charge in [0.2, 0.25) is 5.91 Å². The molecule has 67 heavy (non-hydrogen) atoms. The average molecular weight is 929 g/mol. The van der Waals surface area contributed by atoms with E-state index >= 15 is 0 Å². The molecule has 0 heterocycles. The molecule has 0 spiro atoms. The molecule has 0 aliphatic rings. The minimum absolute atomic E-state index is 0.0809. The molecular formula is C63H109NO3. The monoisotopic (exact) mass is 928 g/mol. The number of rotatable bonds is 51. The number of aliphatic hydroxyl groups excluding tert-OH is 2. The first-order valence-corrected chi connectivity index (χ1v) is 28.6. The summed E-state index contributed by atoms with van der Waals surface area (Å²) in [5, 5.41) is 23.2. The number of hydrogen-bond donors (Lipinski definition) is 3. The standard InChI is InChI=1S/C63H109NO3/c1-3-5-7-9-11-13-15-17-19-21-23-25-27-29-30-31-32-33-34-35-37-39-41-43-45-47-49-51-53-55-57-59-63(67)64-61(60-65)62(66)58-56-54-52-50-48-46-44-42-40-38-36-28-26-24-22-20-18-16-14-12-10-8-6-4-2/h5,7,11,13,17,19,23,25,29-30,32-33,35,37,41,43,56,58,61-62,65-66H,3-4,6,8-10,12,14-16,18,20-22,24,26-28,31,34,36,38-40,42,44-55,57,59-60H2,1-2H3,(H,64,67)/b7-5-,13-11-,19-17-,25-23-,30-29-,33-32-,37-35-,43-41-,58-56+. The lowest BCUT2D eigenvalue weighted by Crippen LogP contribution is -2.45. The van der Waals surface area contributed by atoms with E-state index in [1.54, 1.807) is 6.08 Å². The van der Waals surface area contributed by atoms with Crippen LogP contribution in [0.1, 0.15) is 264 Å². The first kappa shape index (κ1) is 64.0. The molecule has 3 N–H and O–H groups in total. The summed E-state index contributed by atoms with van der Waals surface area (Å²) < 4.78 is 0. The highest BCUT2D eigenvalue weighted by atomic mass is 16.3. The molecule has 0 bridgehead atoms. The average Bonchev–Trinajstić information content (AvgIpc) is 3.33. The van der Waals surface area contributed by atoms with Crippen LogP contribution in [0, 0.1) is 0 Å². The van der Waals surface area contributed by atoms with Crippen molar-refractivity contribution in [2.24, 2.45) is 0 Å². The molecule has 384 valence electrons. The number of amides is 1. The molecule has 0 rings (SSSR count). The van der Waals surface area contributed by atoms with E-state index in [-0.39, 0.29) is 12.5 Å². The third kappa shape index (κ3) is 53.9. The Kier molecular flexibility index (Phi) is 54.8. The molecule has 0 fully saturated rings. The summed E-state index contributed by atoms with van der Waals surface area (Å²) in [4.78, 5) is 12.5. The Morgan fingerprint density at radius 3 is 0.985 bits per heavy atom. The van der Waals surface area contributed by atoms with E-state index in [9.17, 15) is 15.0 Å². The van der Waals surface area contributed by atoms with Crippen molar-refractivity contribution in [1.82, 2.24) is 5.32 Å². The summed E-state index contributed by atoms with van der Waals surface area (Å²) in [6.07, 6.45) is 86.7. The number of carbonyl (C=O) groups excluding carboxylic acids is 1. The molecule has 0 aromatic carbocycles. The van der Waals surface area contributed by atoms with Crippen molar-refractivity contribution in [3.05, 3.63) is 109 Å². The van der Waals surface area contributed by atoms with Gasteiger partial charge >= 0.3 is 0 Å². The predicted molar refractivity (Wildman–Crippen MR) is 299 cm³/mol. The molecule has 2 atom stereocenters. The van der Waals surface area contributed by atoms with Gasteiger partial charge in [-0.1, -0.05) is 284 Å². The lowest BCUT2D eigenvalue weighted by atomic mass is 10.0. The lowest BCUT2D eigenvalue weighted by molar-refractivity contribution is -0.123. The second-order valence-electron chi connectivity index (χ2n) is 19.0. The predicted octanol–water partition coefficient (Wildman–Crippen LogP) is 19.1. The third-order valence-corrected chi connectivity index (χ3v) is 12.5. The quantitative estimate of drug-likeness (QED) is 0.0420. The normalized spacial score (nSPS) is 13.7. The first-order valence-electron chi connectivity index (χ1n) is 28.6. The minimum Gasteiger partial charge on any atom is -0.394 e. The van der Waals surface area contributed by atoms with E-state index in [2.05, 4.69) is 116 Å². The van der Waals surface area contributed by atoms with E-state index in [4.69, 9.17) is 0 Å². The Hall–Kier alpha value is -2.95. The summed E-state index contributed by atoms with van der Waals surface area (Å²) in [6.45, 7) is 4.20. The number of aliphatic hydroxyl groups is 2. The second-order valence-corrected chi connectivity index (χ2v) is 19.0. The molecule has 0 aliphatic carbocycles. The van der Waals surface area contributed by atoms with Gasteiger partial charge < -0.3 is 15.5 Å². The Labute approximate surface area is 416 Å². The SMILES string of the molecule is CC/C=C\C/C=C\C/C=C\C/C=C\C/C=C\C/C=C\C/C=C\C/C=C\CCCCCCCCC(=O)NC(CO)C(O)/C=C/CCCCCCCCCCCCCCCCCCCCCCCC. The van der Waals surface area contributed by atoms with Crippen LogP contribution >= 0.6 is 0 Å². The van der Waals surface area contributed by atoms with E-state index < -0.39 is 12.1 Å². The number of allylic oxidation sites excluding steroid dienone is 17. The highest BCUT2D eigenvalue weighted by molar-refractivity contribution is 5.76.